The van der Waals surface area contributed by atoms with Crippen molar-refractivity contribution >= 4 is 33.4 Å². The first-order valence-corrected chi connectivity index (χ1v) is 16.1. The molecule has 13 heteroatoms. The number of benzene rings is 3. The van der Waals surface area contributed by atoms with Crippen molar-refractivity contribution in [2.24, 2.45) is 5.92 Å². The fourth-order valence-corrected chi connectivity index (χ4v) is 6.50. The third-order valence-electron chi connectivity index (χ3n) is 7.20. The number of anilines is 2. The van der Waals surface area contributed by atoms with Crippen LogP contribution in [-0.2, 0) is 25.9 Å². The van der Waals surface area contributed by atoms with Gasteiger partial charge in [0.2, 0.25) is 10.0 Å². The van der Waals surface area contributed by atoms with E-state index in [1.54, 1.807) is 0 Å². The van der Waals surface area contributed by atoms with Gasteiger partial charge in [0.05, 0.1) is 41.6 Å². The number of nitrogens with one attached hydrogen (secondary N) is 2. The van der Waals surface area contributed by atoms with Gasteiger partial charge in [-0.2, -0.15) is 4.31 Å². The highest BCUT2D eigenvalue weighted by Crippen LogP contribution is 2.23. The van der Waals surface area contributed by atoms with Crippen LogP contribution in [0.3, 0.4) is 0 Å². The summed E-state index contributed by atoms with van der Waals surface area (Å²) in [5, 5.41) is 16.7. The Bertz CT molecular complexity index is 1550. The molecule has 0 bridgehead atoms. The molecule has 0 aromatic heterocycles. The number of hydrogen-bond donors (Lipinski definition) is 4. The predicted molar refractivity (Wildman–Crippen MR) is 168 cm³/mol. The number of rotatable bonds is 13. The summed E-state index contributed by atoms with van der Waals surface area (Å²) in [5.74, 6) is -1.19. The molecule has 3 aromatic rings. The zero-order valence-electron chi connectivity index (χ0n) is 25.2. The minimum absolute atomic E-state index is 0.0475. The molecule has 0 radical (unpaired) electrons. The van der Waals surface area contributed by atoms with Crippen LogP contribution in [0, 0.1) is 11.7 Å². The number of alkyl carbamates (subject to hydrolysis) is 1. The Balaban J connectivity index is 1.51. The molecule has 1 fully saturated rings. The molecule has 1 saturated heterocycles. The monoisotopic (exact) mass is 642 g/mol. The minimum Gasteiger partial charge on any atom is -0.444 e. The molecule has 1 unspecified atom stereocenters. The number of carbonyl (C=O) groups excluding carboxylic acids is 2. The second kappa shape index (κ2) is 15.3. The molecule has 4 rings (SSSR count). The lowest BCUT2D eigenvalue weighted by molar-refractivity contribution is 0.0644. The van der Waals surface area contributed by atoms with Crippen LogP contribution in [0.5, 0.6) is 0 Å². The molecule has 2 amide bonds. The number of hydrogen-bond acceptors (Lipinski definition) is 8. The molecule has 5 N–H and O–H groups in total. The second-order valence-electron chi connectivity index (χ2n) is 11.3. The largest absolute Gasteiger partial charge is 0.444 e. The lowest BCUT2D eigenvalue weighted by Crippen LogP contribution is -2.51. The van der Waals surface area contributed by atoms with Crippen molar-refractivity contribution in [2.75, 3.05) is 37.4 Å². The van der Waals surface area contributed by atoms with E-state index in [2.05, 4.69) is 10.6 Å². The lowest BCUT2D eigenvalue weighted by atomic mass is 10.0. The Kier molecular flexibility index (Phi) is 11.5. The van der Waals surface area contributed by atoms with Gasteiger partial charge in [-0.05, 0) is 60.4 Å². The van der Waals surface area contributed by atoms with Gasteiger partial charge in [-0.3, -0.25) is 4.79 Å². The van der Waals surface area contributed by atoms with Crippen LogP contribution >= 0.6 is 0 Å². The maximum atomic E-state index is 13.8. The van der Waals surface area contributed by atoms with Crippen LogP contribution in [0.15, 0.2) is 77.7 Å². The zero-order valence-corrected chi connectivity index (χ0v) is 26.0. The van der Waals surface area contributed by atoms with Crippen LogP contribution in [-0.4, -0.2) is 74.4 Å². The van der Waals surface area contributed by atoms with Gasteiger partial charge in [-0.25, -0.2) is 17.6 Å². The number of amides is 2. The number of aliphatic hydroxyl groups is 1. The molecule has 0 spiro atoms. The van der Waals surface area contributed by atoms with Crippen molar-refractivity contribution < 1.29 is 37.0 Å². The molecule has 3 atom stereocenters. The van der Waals surface area contributed by atoms with Crippen molar-refractivity contribution in [2.45, 2.75) is 49.8 Å². The summed E-state index contributed by atoms with van der Waals surface area (Å²) in [6.45, 7) is 4.27. The van der Waals surface area contributed by atoms with Crippen LogP contribution in [0.4, 0.5) is 20.6 Å². The summed E-state index contributed by atoms with van der Waals surface area (Å²) < 4.78 is 52.9. The summed E-state index contributed by atoms with van der Waals surface area (Å²) in [6.07, 6.45) is -1.61. The first kappa shape index (κ1) is 33.8. The number of ether oxygens (including phenoxy) is 2. The SMILES string of the molecule is CC(C)CN(C[C@@H](O)[C@H](Cc1ccccc1)NC(=O)OC1CCOC1)S(=O)(=O)c1ccc(C(=O)Nc2ccc(F)cc2N)cc1. The Morgan fingerprint density at radius 2 is 1.80 bits per heavy atom. The van der Waals surface area contributed by atoms with Crippen molar-refractivity contribution in [1.82, 2.24) is 9.62 Å². The van der Waals surface area contributed by atoms with Crippen molar-refractivity contribution in [3.05, 3.63) is 89.7 Å². The van der Waals surface area contributed by atoms with E-state index in [9.17, 15) is 27.5 Å². The quantitative estimate of drug-likeness (QED) is 0.205. The molecule has 1 heterocycles. The van der Waals surface area contributed by atoms with E-state index >= 15 is 0 Å². The van der Waals surface area contributed by atoms with Gasteiger partial charge >= 0.3 is 6.09 Å². The van der Waals surface area contributed by atoms with E-state index in [-0.39, 0.29) is 47.3 Å². The number of nitrogens with zero attached hydrogens (tertiary/aromatic N) is 1. The normalized spacial score (nSPS) is 16.4. The van der Waals surface area contributed by atoms with Crippen LogP contribution in [0.2, 0.25) is 0 Å². The van der Waals surface area contributed by atoms with Gasteiger partial charge in [0.15, 0.2) is 0 Å². The highest BCUT2D eigenvalue weighted by Gasteiger charge is 2.32. The van der Waals surface area contributed by atoms with Crippen molar-refractivity contribution in [3.63, 3.8) is 0 Å². The fourth-order valence-electron chi connectivity index (χ4n) is 4.88. The Morgan fingerprint density at radius 3 is 2.42 bits per heavy atom. The van der Waals surface area contributed by atoms with E-state index in [1.165, 1.54) is 34.6 Å². The Morgan fingerprint density at radius 1 is 1.09 bits per heavy atom. The molecular weight excluding hydrogens is 603 g/mol. The number of nitrogen functional groups attached to an aromatic ring is 1. The summed E-state index contributed by atoms with van der Waals surface area (Å²) in [4.78, 5) is 25.4. The molecular formula is C32H39FN4O7S. The molecule has 1 aliphatic heterocycles. The molecule has 0 saturated carbocycles. The number of sulfonamides is 1. The predicted octanol–water partition coefficient (Wildman–Crippen LogP) is 3.79. The van der Waals surface area contributed by atoms with Gasteiger partial charge in [0, 0.05) is 25.1 Å². The van der Waals surface area contributed by atoms with Gasteiger partial charge in [0.1, 0.15) is 11.9 Å². The molecule has 3 aromatic carbocycles. The number of nitrogens with two attached hydrogens (primary N) is 1. The third-order valence-corrected chi connectivity index (χ3v) is 9.05. The summed E-state index contributed by atoms with van der Waals surface area (Å²) in [7, 11) is -4.14. The second-order valence-corrected chi connectivity index (χ2v) is 13.3. The number of aliphatic hydroxyl groups excluding tert-OH is 1. The fraction of sp³-hybridized carbons (Fsp3) is 0.375. The van der Waals surface area contributed by atoms with Gasteiger partial charge < -0.3 is 30.9 Å². The van der Waals surface area contributed by atoms with Gasteiger partial charge in [-0.1, -0.05) is 44.2 Å². The molecule has 45 heavy (non-hydrogen) atoms. The first-order valence-electron chi connectivity index (χ1n) is 14.7. The van der Waals surface area contributed by atoms with E-state index in [4.69, 9.17) is 15.2 Å². The van der Waals surface area contributed by atoms with Crippen molar-refractivity contribution in [3.8, 4) is 0 Å². The van der Waals surface area contributed by atoms with Crippen LogP contribution in [0.25, 0.3) is 0 Å². The van der Waals surface area contributed by atoms with E-state index in [0.29, 0.717) is 19.6 Å². The van der Waals surface area contributed by atoms with Gasteiger partial charge in [0.25, 0.3) is 5.91 Å². The third kappa shape index (κ3) is 9.47. The molecule has 242 valence electrons. The van der Waals surface area contributed by atoms with E-state index in [0.717, 1.165) is 17.7 Å². The maximum Gasteiger partial charge on any atom is 0.407 e. The topological polar surface area (TPSA) is 160 Å². The highest BCUT2D eigenvalue weighted by atomic mass is 32.2. The molecule has 1 aliphatic rings. The van der Waals surface area contributed by atoms with E-state index < -0.39 is 46.1 Å². The minimum atomic E-state index is -4.14. The zero-order chi connectivity index (χ0) is 32.6. The summed E-state index contributed by atoms with van der Waals surface area (Å²) in [5.41, 5.74) is 7.03. The number of carbonyl (C=O) groups is 2. The molecule has 11 nitrogen and oxygen atoms in total. The smallest absolute Gasteiger partial charge is 0.407 e. The highest BCUT2D eigenvalue weighted by molar-refractivity contribution is 7.89. The Hall–Kier alpha value is -4.04. The lowest BCUT2D eigenvalue weighted by Gasteiger charge is -2.30. The summed E-state index contributed by atoms with van der Waals surface area (Å²) in [6, 6.07) is 17.2. The van der Waals surface area contributed by atoms with Crippen molar-refractivity contribution in [1.29, 1.82) is 0 Å². The van der Waals surface area contributed by atoms with Crippen LogP contribution < -0.4 is 16.4 Å². The summed E-state index contributed by atoms with van der Waals surface area (Å²) >= 11 is 0. The van der Waals surface area contributed by atoms with Gasteiger partial charge in [-0.15, -0.1) is 0 Å². The van der Waals surface area contributed by atoms with E-state index in [1.807, 2.05) is 44.2 Å². The standard InChI is InChI=1S/C32H39FN4O7S/c1-21(2)18-37(19-30(38)29(16-22-6-4-3-5-7-22)36-32(40)44-25-14-15-43-20-25)45(41,42)26-11-8-23(9-12-26)31(39)35-28-13-10-24(33)17-27(28)34/h3-13,17,21,25,29-30,38H,14-16,18-20,34H2,1-2H3,(H,35,39)(H,36,40)/t25?,29-,30+/m0/s1. The average Bonchev–Trinajstić information content (AvgIpc) is 3.51. The first-order chi connectivity index (χ1) is 21.4. The van der Waals surface area contributed by atoms with Crippen LogP contribution in [0.1, 0.15) is 36.2 Å². The average molecular weight is 643 g/mol. The maximum absolute atomic E-state index is 13.8. The number of halogens is 1. The Labute approximate surface area is 262 Å². The molecule has 0 aliphatic carbocycles.